The van der Waals surface area contributed by atoms with Crippen LogP contribution >= 0.6 is 11.6 Å². The van der Waals surface area contributed by atoms with Crippen LogP contribution < -0.4 is 10.2 Å². The minimum absolute atomic E-state index is 0.167. The summed E-state index contributed by atoms with van der Waals surface area (Å²) in [5.74, 6) is -0.625. The number of para-hydroxylation sites is 1. The van der Waals surface area contributed by atoms with Crippen molar-refractivity contribution in [2.45, 2.75) is 6.17 Å². The molecule has 0 radical (unpaired) electrons. The zero-order valence-electron chi connectivity index (χ0n) is 13.6. The first-order chi connectivity index (χ1) is 12.5. The molecule has 0 saturated carbocycles. The van der Waals surface area contributed by atoms with Crippen molar-refractivity contribution in [3.63, 3.8) is 0 Å². The van der Waals surface area contributed by atoms with Crippen LogP contribution in [-0.4, -0.2) is 16.1 Å². The minimum atomic E-state index is -0.551. The van der Waals surface area contributed by atoms with Crippen LogP contribution in [0.2, 0.25) is 5.02 Å². The summed E-state index contributed by atoms with van der Waals surface area (Å²) < 4.78 is 0. The standard InChI is InChI=1S/C20H15ClN2O3/c21-13-6-8-14(9-7-13)23-19(12-5-10-17(24)18(25)11-12)22-16-4-2-1-3-15(16)20(23)26/h1-11,19,22,24-25H/t19-/m1/s1. The molecule has 3 aromatic carbocycles. The summed E-state index contributed by atoms with van der Waals surface area (Å²) in [6.07, 6.45) is -0.551. The number of nitrogens with one attached hydrogen (secondary N) is 1. The van der Waals surface area contributed by atoms with E-state index in [2.05, 4.69) is 5.32 Å². The average Bonchev–Trinajstić information content (AvgIpc) is 2.65. The Labute approximate surface area is 155 Å². The lowest BCUT2D eigenvalue weighted by molar-refractivity contribution is 0.0975. The molecule has 0 saturated heterocycles. The van der Waals surface area contributed by atoms with Crippen LogP contribution in [-0.2, 0) is 0 Å². The van der Waals surface area contributed by atoms with Gasteiger partial charge >= 0.3 is 0 Å². The van der Waals surface area contributed by atoms with E-state index in [9.17, 15) is 15.0 Å². The van der Waals surface area contributed by atoms with Crippen molar-refractivity contribution >= 4 is 28.9 Å². The van der Waals surface area contributed by atoms with Gasteiger partial charge in [0.15, 0.2) is 11.5 Å². The number of halogens is 1. The quantitative estimate of drug-likeness (QED) is 0.583. The lowest BCUT2D eigenvalue weighted by atomic mass is 10.0. The highest BCUT2D eigenvalue weighted by Crippen LogP contribution is 2.38. The highest BCUT2D eigenvalue weighted by Gasteiger charge is 2.34. The average molecular weight is 367 g/mol. The van der Waals surface area contributed by atoms with Crippen molar-refractivity contribution in [2.75, 3.05) is 10.2 Å². The van der Waals surface area contributed by atoms with Gasteiger partial charge in [-0.25, -0.2) is 0 Å². The molecular formula is C20H15ClN2O3. The molecule has 1 heterocycles. The number of benzene rings is 3. The number of nitrogens with zero attached hydrogens (tertiary/aromatic N) is 1. The Bertz CT molecular complexity index is 989. The fourth-order valence-electron chi connectivity index (χ4n) is 3.07. The Kier molecular flexibility index (Phi) is 3.93. The number of carbonyl (C=O) groups excluding carboxylic acids is 1. The smallest absolute Gasteiger partial charge is 0.262 e. The number of fused-ring (bicyclic) bond motifs is 1. The van der Waals surface area contributed by atoms with Gasteiger partial charge in [0.25, 0.3) is 5.91 Å². The molecule has 0 bridgehead atoms. The summed E-state index contributed by atoms with van der Waals surface area (Å²) in [7, 11) is 0. The monoisotopic (exact) mass is 366 g/mol. The lowest BCUT2D eigenvalue weighted by Gasteiger charge is -2.38. The number of rotatable bonds is 2. The van der Waals surface area contributed by atoms with Gasteiger partial charge in [0.05, 0.1) is 5.56 Å². The molecule has 1 aliphatic rings. The van der Waals surface area contributed by atoms with Crippen LogP contribution in [0.4, 0.5) is 11.4 Å². The molecule has 4 rings (SSSR count). The minimum Gasteiger partial charge on any atom is -0.504 e. The van der Waals surface area contributed by atoms with E-state index in [4.69, 9.17) is 11.6 Å². The van der Waals surface area contributed by atoms with Gasteiger partial charge < -0.3 is 15.5 Å². The maximum atomic E-state index is 13.2. The number of hydrogen-bond donors (Lipinski definition) is 3. The highest BCUT2D eigenvalue weighted by atomic mass is 35.5. The molecule has 3 aromatic rings. The second-order valence-corrected chi connectivity index (χ2v) is 6.43. The van der Waals surface area contributed by atoms with E-state index in [0.717, 1.165) is 0 Å². The van der Waals surface area contributed by atoms with Gasteiger partial charge in [-0.1, -0.05) is 29.8 Å². The molecule has 3 N–H and O–H groups in total. The van der Waals surface area contributed by atoms with Gasteiger partial charge in [0.2, 0.25) is 0 Å². The van der Waals surface area contributed by atoms with Gasteiger partial charge in [0, 0.05) is 16.4 Å². The van der Waals surface area contributed by atoms with Crippen molar-refractivity contribution in [2.24, 2.45) is 0 Å². The third-order valence-corrected chi connectivity index (χ3v) is 4.60. The Morgan fingerprint density at radius 3 is 2.38 bits per heavy atom. The van der Waals surface area contributed by atoms with Crippen LogP contribution in [0.15, 0.2) is 66.7 Å². The molecule has 0 fully saturated rings. The van der Waals surface area contributed by atoms with Crippen LogP contribution in [0.1, 0.15) is 22.1 Å². The predicted octanol–water partition coefficient (Wildman–Crippen LogP) is 4.52. The van der Waals surface area contributed by atoms with Crippen molar-refractivity contribution in [1.29, 1.82) is 0 Å². The van der Waals surface area contributed by atoms with Gasteiger partial charge in [-0.15, -0.1) is 0 Å². The summed E-state index contributed by atoms with van der Waals surface area (Å²) in [5.41, 5.74) is 2.57. The lowest BCUT2D eigenvalue weighted by Crippen LogP contribution is -2.43. The number of phenolic OH excluding ortho intramolecular Hbond substituents is 2. The van der Waals surface area contributed by atoms with E-state index in [1.54, 1.807) is 41.3 Å². The predicted molar refractivity (Wildman–Crippen MR) is 101 cm³/mol. The van der Waals surface area contributed by atoms with E-state index in [-0.39, 0.29) is 17.4 Å². The molecular weight excluding hydrogens is 352 g/mol. The summed E-state index contributed by atoms with van der Waals surface area (Å²) in [6.45, 7) is 0. The fourth-order valence-corrected chi connectivity index (χ4v) is 3.19. The topological polar surface area (TPSA) is 72.8 Å². The molecule has 1 atom stereocenters. The Hall–Kier alpha value is -3.18. The number of amides is 1. The third kappa shape index (κ3) is 2.72. The number of anilines is 2. The van der Waals surface area contributed by atoms with E-state index >= 15 is 0 Å². The molecule has 1 aliphatic heterocycles. The van der Waals surface area contributed by atoms with E-state index in [0.29, 0.717) is 27.5 Å². The second kappa shape index (κ2) is 6.28. The first kappa shape index (κ1) is 16.3. The Balaban J connectivity index is 1.86. The first-order valence-corrected chi connectivity index (χ1v) is 8.39. The molecule has 0 unspecified atom stereocenters. The highest BCUT2D eigenvalue weighted by molar-refractivity contribution is 6.30. The van der Waals surface area contributed by atoms with Crippen molar-refractivity contribution in [3.05, 3.63) is 82.9 Å². The molecule has 26 heavy (non-hydrogen) atoms. The first-order valence-electron chi connectivity index (χ1n) is 8.01. The fraction of sp³-hybridized carbons (Fsp3) is 0.0500. The van der Waals surface area contributed by atoms with E-state index < -0.39 is 6.17 Å². The van der Waals surface area contributed by atoms with Gasteiger partial charge in [0.1, 0.15) is 6.17 Å². The third-order valence-electron chi connectivity index (χ3n) is 4.35. The van der Waals surface area contributed by atoms with Crippen LogP contribution in [0.3, 0.4) is 0 Å². The normalized spacial score (nSPS) is 16.1. The summed E-state index contributed by atoms with van der Waals surface area (Å²) in [5, 5.41) is 23.4. The maximum absolute atomic E-state index is 13.2. The number of phenols is 2. The number of hydrogen-bond acceptors (Lipinski definition) is 4. The molecule has 6 heteroatoms. The molecule has 0 aromatic heterocycles. The summed E-state index contributed by atoms with van der Waals surface area (Å²) in [6, 6.07) is 18.7. The largest absolute Gasteiger partial charge is 0.504 e. The van der Waals surface area contributed by atoms with Crippen molar-refractivity contribution in [3.8, 4) is 11.5 Å². The van der Waals surface area contributed by atoms with Crippen LogP contribution in [0.25, 0.3) is 0 Å². The maximum Gasteiger partial charge on any atom is 0.262 e. The molecule has 0 aliphatic carbocycles. The zero-order chi connectivity index (χ0) is 18.3. The molecule has 130 valence electrons. The second-order valence-electron chi connectivity index (χ2n) is 5.99. The van der Waals surface area contributed by atoms with E-state index in [1.807, 2.05) is 18.2 Å². The van der Waals surface area contributed by atoms with Gasteiger partial charge in [-0.2, -0.15) is 0 Å². The van der Waals surface area contributed by atoms with Crippen LogP contribution in [0, 0.1) is 0 Å². The van der Waals surface area contributed by atoms with Crippen molar-refractivity contribution < 1.29 is 15.0 Å². The van der Waals surface area contributed by atoms with Crippen LogP contribution in [0.5, 0.6) is 11.5 Å². The number of aromatic hydroxyl groups is 2. The SMILES string of the molecule is O=C1c2ccccc2N[C@@H](c2ccc(O)c(O)c2)N1c1ccc(Cl)cc1. The van der Waals surface area contributed by atoms with E-state index in [1.165, 1.54) is 12.1 Å². The van der Waals surface area contributed by atoms with Gasteiger partial charge in [-0.3, -0.25) is 9.69 Å². The summed E-state index contributed by atoms with van der Waals surface area (Å²) in [4.78, 5) is 14.8. The Morgan fingerprint density at radius 2 is 1.65 bits per heavy atom. The number of carbonyl (C=O) groups is 1. The zero-order valence-corrected chi connectivity index (χ0v) is 14.3. The van der Waals surface area contributed by atoms with Gasteiger partial charge in [-0.05, 0) is 54.1 Å². The Morgan fingerprint density at radius 1 is 0.923 bits per heavy atom. The molecule has 1 amide bonds. The molecule has 5 nitrogen and oxygen atoms in total. The summed E-state index contributed by atoms with van der Waals surface area (Å²) >= 11 is 5.98. The molecule has 0 spiro atoms. The van der Waals surface area contributed by atoms with Crippen molar-refractivity contribution in [1.82, 2.24) is 0 Å².